The molecule has 0 fully saturated rings. The van der Waals surface area contributed by atoms with E-state index in [0.29, 0.717) is 0 Å². The maximum absolute atomic E-state index is 10.6. The van der Waals surface area contributed by atoms with Crippen molar-refractivity contribution in [2.45, 2.75) is 19.8 Å². The second-order valence-electron chi connectivity index (χ2n) is 2.97. The van der Waals surface area contributed by atoms with Gasteiger partial charge < -0.3 is 0 Å². The van der Waals surface area contributed by atoms with E-state index in [1.54, 1.807) is 0 Å². The zero-order valence-electron chi connectivity index (χ0n) is 7.86. The summed E-state index contributed by atoms with van der Waals surface area (Å²) in [4.78, 5) is 10.6. The van der Waals surface area contributed by atoms with Crippen LogP contribution < -0.4 is 0 Å². The van der Waals surface area contributed by atoms with E-state index in [2.05, 4.69) is 0 Å². The largest absolute Gasteiger partial charge is 0.298 e. The summed E-state index contributed by atoms with van der Waals surface area (Å²) in [7, 11) is 0. The van der Waals surface area contributed by atoms with Crippen molar-refractivity contribution < 1.29 is 4.79 Å². The molecule has 1 aromatic carbocycles. The summed E-state index contributed by atoms with van der Waals surface area (Å²) >= 11 is 0. The van der Waals surface area contributed by atoms with Crippen molar-refractivity contribution in [1.29, 1.82) is 0 Å². The van der Waals surface area contributed by atoms with E-state index in [9.17, 15) is 4.79 Å². The fourth-order valence-electron chi connectivity index (χ4n) is 1.26. The van der Waals surface area contributed by atoms with E-state index in [1.165, 1.54) is 5.56 Å². The molecular weight excluding hydrogens is 160 g/mol. The van der Waals surface area contributed by atoms with Crippen molar-refractivity contribution in [3.05, 3.63) is 47.5 Å². The summed E-state index contributed by atoms with van der Waals surface area (Å²) in [5.74, 6) is 0. The third kappa shape index (κ3) is 3.24. The summed E-state index contributed by atoms with van der Waals surface area (Å²) in [6.07, 6.45) is 4.58. The maximum atomic E-state index is 10.6. The lowest BCUT2D eigenvalue weighted by atomic mass is 10.1. The minimum Gasteiger partial charge on any atom is -0.298 e. The molecule has 0 aromatic heterocycles. The number of aldehydes is 1. The Morgan fingerprint density at radius 2 is 2.00 bits per heavy atom. The Morgan fingerprint density at radius 1 is 1.31 bits per heavy atom. The molecule has 0 spiro atoms. The summed E-state index contributed by atoms with van der Waals surface area (Å²) in [6.45, 7) is 2.04. The van der Waals surface area contributed by atoms with Crippen molar-refractivity contribution in [2.75, 3.05) is 0 Å². The molecule has 0 saturated carbocycles. The van der Waals surface area contributed by atoms with Crippen LogP contribution in [0, 0.1) is 0 Å². The van der Waals surface area contributed by atoms with E-state index in [4.69, 9.17) is 0 Å². The number of allylic oxidation sites excluding steroid dienone is 2. The van der Waals surface area contributed by atoms with E-state index in [-0.39, 0.29) is 0 Å². The van der Waals surface area contributed by atoms with Crippen LogP contribution in [0.1, 0.15) is 18.9 Å². The van der Waals surface area contributed by atoms with E-state index < -0.39 is 0 Å². The minimum atomic E-state index is 0.748. The standard InChI is InChI=1S/C12H14O/c1-2-6-12(10-13)9-11-7-4-3-5-8-11/h3-8,10H,2,9H2,1H3. The van der Waals surface area contributed by atoms with E-state index >= 15 is 0 Å². The van der Waals surface area contributed by atoms with Gasteiger partial charge in [0.15, 0.2) is 0 Å². The van der Waals surface area contributed by atoms with Gasteiger partial charge in [0.1, 0.15) is 6.29 Å². The lowest BCUT2D eigenvalue weighted by Gasteiger charge is -1.99. The third-order valence-corrected chi connectivity index (χ3v) is 1.87. The van der Waals surface area contributed by atoms with Gasteiger partial charge in [-0.05, 0) is 17.6 Å². The van der Waals surface area contributed by atoms with Crippen LogP contribution in [-0.2, 0) is 11.2 Å². The van der Waals surface area contributed by atoms with Gasteiger partial charge in [-0.2, -0.15) is 0 Å². The topological polar surface area (TPSA) is 17.1 Å². The zero-order chi connectivity index (χ0) is 9.52. The maximum Gasteiger partial charge on any atom is 0.146 e. The number of carbonyl (C=O) groups is 1. The number of hydrogen-bond acceptors (Lipinski definition) is 1. The molecule has 0 unspecified atom stereocenters. The molecule has 13 heavy (non-hydrogen) atoms. The van der Waals surface area contributed by atoms with Gasteiger partial charge in [-0.3, -0.25) is 4.79 Å². The van der Waals surface area contributed by atoms with Gasteiger partial charge in [-0.1, -0.05) is 43.3 Å². The Balaban J connectivity index is 2.68. The van der Waals surface area contributed by atoms with Gasteiger partial charge in [0, 0.05) is 6.42 Å². The highest BCUT2D eigenvalue weighted by atomic mass is 16.1. The van der Waals surface area contributed by atoms with Crippen LogP contribution >= 0.6 is 0 Å². The van der Waals surface area contributed by atoms with E-state index in [0.717, 1.165) is 24.7 Å². The molecule has 1 heteroatoms. The highest BCUT2D eigenvalue weighted by molar-refractivity contribution is 5.73. The molecule has 0 aliphatic heterocycles. The van der Waals surface area contributed by atoms with Crippen LogP contribution in [0.3, 0.4) is 0 Å². The Morgan fingerprint density at radius 3 is 2.54 bits per heavy atom. The fourth-order valence-corrected chi connectivity index (χ4v) is 1.26. The quantitative estimate of drug-likeness (QED) is 0.506. The molecule has 0 radical (unpaired) electrons. The van der Waals surface area contributed by atoms with Crippen LogP contribution in [0.2, 0.25) is 0 Å². The first kappa shape index (κ1) is 9.72. The fraction of sp³-hybridized carbons (Fsp3) is 0.250. The Labute approximate surface area is 79.1 Å². The number of hydrogen-bond donors (Lipinski definition) is 0. The molecule has 0 bridgehead atoms. The SMILES string of the molecule is CCC=C(C=O)Cc1ccccc1. The zero-order valence-corrected chi connectivity index (χ0v) is 7.86. The molecule has 0 saturated heterocycles. The van der Waals surface area contributed by atoms with Gasteiger partial charge in [-0.25, -0.2) is 0 Å². The minimum absolute atomic E-state index is 0.748. The smallest absolute Gasteiger partial charge is 0.146 e. The molecule has 68 valence electrons. The molecule has 1 rings (SSSR count). The van der Waals surface area contributed by atoms with Crippen molar-refractivity contribution in [3.63, 3.8) is 0 Å². The predicted octanol–water partition coefficient (Wildman–Crippen LogP) is 2.76. The number of carbonyl (C=O) groups excluding carboxylic acids is 1. The normalized spacial score (nSPS) is 11.3. The summed E-state index contributed by atoms with van der Waals surface area (Å²) in [5, 5.41) is 0. The van der Waals surface area contributed by atoms with E-state index in [1.807, 2.05) is 43.3 Å². The lowest BCUT2D eigenvalue weighted by Crippen LogP contribution is -1.91. The van der Waals surface area contributed by atoms with Crippen molar-refractivity contribution in [3.8, 4) is 0 Å². The van der Waals surface area contributed by atoms with Crippen molar-refractivity contribution in [2.24, 2.45) is 0 Å². The average molecular weight is 174 g/mol. The van der Waals surface area contributed by atoms with Gasteiger partial charge in [0.05, 0.1) is 0 Å². The Bertz CT molecular complexity index is 285. The molecule has 0 heterocycles. The summed E-state index contributed by atoms with van der Waals surface area (Å²) < 4.78 is 0. The van der Waals surface area contributed by atoms with Crippen molar-refractivity contribution >= 4 is 6.29 Å². The second kappa shape index (κ2) is 5.31. The molecule has 1 aromatic rings. The van der Waals surface area contributed by atoms with Gasteiger partial charge in [0.25, 0.3) is 0 Å². The second-order valence-corrected chi connectivity index (χ2v) is 2.97. The molecule has 0 aliphatic rings. The third-order valence-electron chi connectivity index (χ3n) is 1.87. The van der Waals surface area contributed by atoms with Crippen LogP contribution in [0.25, 0.3) is 0 Å². The van der Waals surface area contributed by atoms with Gasteiger partial charge >= 0.3 is 0 Å². The van der Waals surface area contributed by atoms with Gasteiger partial charge in [-0.15, -0.1) is 0 Å². The lowest BCUT2D eigenvalue weighted by molar-refractivity contribution is -0.105. The molecular formula is C12H14O. The monoisotopic (exact) mass is 174 g/mol. The predicted molar refractivity (Wildman–Crippen MR) is 54.6 cm³/mol. The molecule has 0 aliphatic carbocycles. The number of benzene rings is 1. The first-order valence-corrected chi connectivity index (χ1v) is 4.55. The first-order valence-electron chi connectivity index (χ1n) is 4.55. The molecule has 1 nitrogen and oxygen atoms in total. The van der Waals surface area contributed by atoms with Crippen LogP contribution in [-0.4, -0.2) is 6.29 Å². The summed E-state index contributed by atoms with van der Waals surface area (Å²) in [6, 6.07) is 10.0. The number of rotatable bonds is 4. The first-order chi connectivity index (χ1) is 6.36. The average Bonchev–Trinajstić information content (AvgIpc) is 2.19. The Hall–Kier alpha value is -1.37. The summed E-state index contributed by atoms with van der Waals surface area (Å²) in [5.41, 5.74) is 2.06. The van der Waals surface area contributed by atoms with Crippen LogP contribution in [0.4, 0.5) is 0 Å². The Kier molecular flexibility index (Phi) is 3.97. The molecule has 0 N–H and O–H groups in total. The molecule has 0 amide bonds. The van der Waals surface area contributed by atoms with Gasteiger partial charge in [0.2, 0.25) is 0 Å². The highest BCUT2D eigenvalue weighted by Crippen LogP contribution is 2.06. The van der Waals surface area contributed by atoms with Crippen LogP contribution in [0.15, 0.2) is 42.0 Å². The highest BCUT2D eigenvalue weighted by Gasteiger charge is 1.96. The molecule has 0 atom stereocenters. The van der Waals surface area contributed by atoms with Crippen molar-refractivity contribution in [1.82, 2.24) is 0 Å². The van der Waals surface area contributed by atoms with Crippen LogP contribution in [0.5, 0.6) is 0 Å².